The predicted octanol–water partition coefficient (Wildman–Crippen LogP) is 4.42. The van der Waals surface area contributed by atoms with E-state index in [2.05, 4.69) is 20.4 Å². The van der Waals surface area contributed by atoms with Gasteiger partial charge in [-0.15, -0.1) is 0 Å². The second kappa shape index (κ2) is 8.11. The van der Waals surface area contributed by atoms with Gasteiger partial charge >= 0.3 is 0 Å². The molecule has 5 rings (SSSR count). The Morgan fingerprint density at radius 3 is 2.84 bits per heavy atom. The Balaban J connectivity index is 1.57. The van der Waals surface area contributed by atoms with Crippen LogP contribution in [0.3, 0.4) is 0 Å². The zero-order chi connectivity index (χ0) is 22.2. The van der Waals surface area contributed by atoms with Crippen LogP contribution in [-0.4, -0.2) is 33.0 Å². The molecule has 0 fully saturated rings. The van der Waals surface area contributed by atoms with Crippen LogP contribution in [0.5, 0.6) is 11.6 Å². The highest BCUT2D eigenvalue weighted by atomic mass is 19.1. The van der Waals surface area contributed by atoms with Crippen molar-refractivity contribution in [2.45, 2.75) is 26.8 Å². The van der Waals surface area contributed by atoms with Gasteiger partial charge in [-0.3, -0.25) is 4.68 Å². The van der Waals surface area contributed by atoms with Gasteiger partial charge < -0.3 is 14.8 Å². The minimum absolute atomic E-state index is 0.246. The third kappa shape index (κ3) is 3.51. The van der Waals surface area contributed by atoms with E-state index in [0.29, 0.717) is 43.4 Å². The van der Waals surface area contributed by atoms with Crippen molar-refractivity contribution in [2.24, 2.45) is 7.05 Å². The summed E-state index contributed by atoms with van der Waals surface area (Å²) in [4.78, 5) is 9.09. The molecule has 7 nitrogen and oxygen atoms in total. The zero-order valence-electron chi connectivity index (χ0n) is 18.3. The van der Waals surface area contributed by atoms with Crippen LogP contribution in [0, 0.1) is 12.7 Å². The number of nitrogens with zero attached hydrogens (tertiary/aromatic N) is 4. The predicted molar refractivity (Wildman–Crippen MR) is 121 cm³/mol. The molecule has 4 heterocycles. The van der Waals surface area contributed by atoms with Gasteiger partial charge in [-0.2, -0.15) is 5.10 Å². The summed E-state index contributed by atoms with van der Waals surface area (Å²) in [5.41, 5.74) is 4.33. The standard InChI is InChI=1S/C24H24FN5O2/c1-4-31-23-10-16-18(21-9-14(2)29-30(21)3)12-28-24(19(16)13-26-23)27-11-17-15-7-8-32-22(15)6-5-20(17)25/h5-6,9-10,12-13H,4,7-8,11H2,1-3H3,(H,27,28). The van der Waals surface area contributed by atoms with Crippen LogP contribution < -0.4 is 14.8 Å². The normalized spacial score (nSPS) is 12.6. The molecule has 0 aliphatic carbocycles. The molecule has 0 radical (unpaired) electrons. The summed E-state index contributed by atoms with van der Waals surface area (Å²) in [6.45, 7) is 5.29. The number of pyridine rings is 2. The van der Waals surface area contributed by atoms with E-state index in [9.17, 15) is 4.39 Å². The number of ether oxygens (including phenoxy) is 2. The maximum absolute atomic E-state index is 14.6. The van der Waals surface area contributed by atoms with E-state index < -0.39 is 0 Å². The van der Waals surface area contributed by atoms with Crippen molar-refractivity contribution in [2.75, 3.05) is 18.5 Å². The van der Waals surface area contributed by atoms with Crippen molar-refractivity contribution in [3.63, 3.8) is 0 Å². The van der Waals surface area contributed by atoms with Gasteiger partial charge in [0.05, 0.1) is 24.6 Å². The summed E-state index contributed by atoms with van der Waals surface area (Å²) in [5, 5.41) is 9.55. The van der Waals surface area contributed by atoms with Gasteiger partial charge in [-0.05, 0) is 32.0 Å². The SMILES string of the molecule is CCOc1cc2c(-c3cc(C)nn3C)cnc(NCc3c(F)ccc4c3CCO4)c2cn1. The number of rotatable bonds is 6. The fourth-order valence-corrected chi connectivity index (χ4v) is 4.23. The van der Waals surface area contributed by atoms with Crippen LogP contribution in [0.2, 0.25) is 0 Å². The van der Waals surface area contributed by atoms with Gasteiger partial charge in [0.25, 0.3) is 0 Å². The van der Waals surface area contributed by atoms with Crippen molar-refractivity contribution in [1.82, 2.24) is 19.7 Å². The molecule has 0 amide bonds. The Morgan fingerprint density at radius 2 is 2.06 bits per heavy atom. The number of fused-ring (bicyclic) bond motifs is 2. The van der Waals surface area contributed by atoms with Gasteiger partial charge in [0.15, 0.2) is 0 Å². The monoisotopic (exact) mass is 433 g/mol. The van der Waals surface area contributed by atoms with E-state index in [4.69, 9.17) is 9.47 Å². The fraction of sp³-hybridized carbons (Fsp3) is 0.292. The van der Waals surface area contributed by atoms with E-state index in [1.807, 2.05) is 43.9 Å². The highest BCUT2D eigenvalue weighted by molar-refractivity contribution is 6.01. The molecule has 0 saturated carbocycles. The number of halogens is 1. The van der Waals surface area contributed by atoms with Crippen LogP contribution in [0.25, 0.3) is 22.0 Å². The van der Waals surface area contributed by atoms with Crippen molar-refractivity contribution >= 4 is 16.6 Å². The molecule has 1 aliphatic rings. The van der Waals surface area contributed by atoms with Gasteiger partial charge in [0.2, 0.25) is 5.88 Å². The first kappa shape index (κ1) is 20.2. The van der Waals surface area contributed by atoms with E-state index >= 15 is 0 Å². The average Bonchev–Trinajstić information content (AvgIpc) is 3.38. The first-order chi connectivity index (χ1) is 15.5. The lowest BCUT2D eigenvalue weighted by atomic mass is 10.0. The molecule has 1 aromatic carbocycles. The lowest BCUT2D eigenvalue weighted by molar-refractivity contribution is 0.327. The van der Waals surface area contributed by atoms with Crippen LogP contribution >= 0.6 is 0 Å². The Morgan fingerprint density at radius 1 is 1.19 bits per heavy atom. The average molecular weight is 433 g/mol. The maximum atomic E-state index is 14.6. The molecule has 0 unspecified atom stereocenters. The second-order valence-electron chi connectivity index (χ2n) is 7.77. The number of benzene rings is 1. The summed E-state index contributed by atoms with van der Waals surface area (Å²) in [6.07, 6.45) is 4.26. The molecule has 3 aromatic heterocycles. The fourth-order valence-electron chi connectivity index (χ4n) is 4.23. The van der Waals surface area contributed by atoms with Gasteiger partial charge in [-0.1, -0.05) is 0 Å². The second-order valence-corrected chi connectivity index (χ2v) is 7.77. The van der Waals surface area contributed by atoms with E-state index in [1.54, 1.807) is 12.3 Å². The Kier molecular flexibility index (Phi) is 5.13. The Labute approximate surface area is 185 Å². The van der Waals surface area contributed by atoms with Crippen LogP contribution in [0.15, 0.2) is 36.7 Å². The molecule has 1 N–H and O–H groups in total. The van der Waals surface area contributed by atoms with Crippen molar-refractivity contribution < 1.29 is 13.9 Å². The summed E-state index contributed by atoms with van der Waals surface area (Å²) < 4.78 is 27.6. The van der Waals surface area contributed by atoms with Crippen molar-refractivity contribution in [3.8, 4) is 22.9 Å². The molecule has 32 heavy (non-hydrogen) atoms. The van der Waals surface area contributed by atoms with Gasteiger partial charge in [0.1, 0.15) is 17.4 Å². The minimum Gasteiger partial charge on any atom is -0.493 e. The van der Waals surface area contributed by atoms with E-state index in [1.165, 1.54) is 6.07 Å². The molecule has 1 aliphatic heterocycles. The first-order valence-corrected chi connectivity index (χ1v) is 10.6. The quantitative estimate of drug-likeness (QED) is 0.485. The van der Waals surface area contributed by atoms with E-state index in [-0.39, 0.29) is 5.82 Å². The maximum Gasteiger partial charge on any atom is 0.213 e. The van der Waals surface area contributed by atoms with Crippen molar-refractivity contribution in [1.29, 1.82) is 0 Å². The van der Waals surface area contributed by atoms with Crippen LogP contribution in [-0.2, 0) is 20.0 Å². The van der Waals surface area contributed by atoms with E-state index in [0.717, 1.165) is 39.0 Å². The number of nitrogens with one attached hydrogen (secondary N) is 1. The molecule has 0 bridgehead atoms. The molecular weight excluding hydrogens is 409 g/mol. The topological polar surface area (TPSA) is 74.1 Å². The smallest absolute Gasteiger partial charge is 0.213 e. The molecule has 0 spiro atoms. The number of aryl methyl sites for hydroxylation is 2. The third-order valence-corrected chi connectivity index (χ3v) is 5.69. The molecular formula is C24H24FN5O2. The largest absolute Gasteiger partial charge is 0.493 e. The first-order valence-electron chi connectivity index (χ1n) is 10.6. The number of aromatic nitrogens is 4. The third-order valence-electron chi connectivity index (χ3n) is 5.69. The summed E-state index contributed by atoms with van der Waals surface area (Å²) >= 11 is 0. The number of hydrogen-bond donors (Lipinski definition) is 1. The lowest BCUT2D eigenvalue weighted by Crippen LogP contribution is -2.07. The highest BCUT2D eigenvalue weighted by Crippen LogP contribution is 2.35. The minimum atomic E-state index is -0.246. The Bertz CT molecular complexity index is 1320. The van der Waals surface area contributed by atoms with Crippen LogP contribution in [0.4, 0.5) is 10.2 Å². The lowest BCUT2D eigenvalue weighted by Gasteiger charge is -2.15. The van der Waals surface area contributed by atoms with Gasteiger partial charge in [-0.25, -0.2) is 14.4 Å². The van der Waals surface area contributed by atoms with Crippen molar-refractivity contribution in [3.05, 3.63) is 59.3 Å². The number of hydrogen-bond acceptors (Lipinski definition) is 6. The number of anilines is 1. The Hall–Kier alpha value is -3.68. The summed E-state index contributed by atoms with van der Waals surface area (Å²) in [7, 11) is 1.91. The molecule has 4 aromatic rings. The summed E-state index contributed by atoms with van der Waals surface area (Å²) in [6, 6.07) is 7.08. The van der Waals surface area contributed by atoms with Gasteiger partial charge in [0, 0.05) is 65.9 Å². The molecule has 0 atom stereocenters. The molecule has 0 saturated heterocycles. The molecule has 8 heteroatoms. The molecule has 164 valence electrons. The summed E-state index contributed by atoms with van der Waals surface area (Å²) in [5.74, 6) is 1.69. The highest BCUT2D eigenvalue weighted by Gasteiger charge is 2.20. The van der Waals surface area contributed by atoms with Crippen LogP contribution in [0.1, 0.15) is 23.7 Å². The zero-order valence-corrected chi connectivity index (χ0v) is 18.3.